The van der Waals surface area contributed by atoms with Crippen molar-refractivity contribution in [1.29, 1.82) is 0 Å². The van der Waals surface area contributed by atoms with Crippen LogP contribution in [0.3, 0.4) is 0 Å². The summed E-state index contributed by atoms with van der Waals surface area (Å²) in [6.07, 6.45) is 0.418. The number of sulfonamides is 1. The molecule has 19 heavy (non-hydrogen) atoms. The van der Waals surface area contributed by atoms with Crippen molar-refractivity contribution in [2.24, 2.45) is 0 Å². The molecule has 0 atom stereocenters. The summed E-state index contributed by atoms with van der Waals surface area (Å²) < 4.78 is 30.4. The molecular formula is C12H17NO5S. The first-order valence-electron chi connectivity index (χ1n) is 5.73. The molecule has 0 saturated heterocycles. The van der Waals surface area contributed by atoms with Crippen LogP contribution in [0.2, 0.25) is 0 Å². The second-order valence-corrected chi connectivity index (χ2v) is 5.92. The number of carbonyl (C=O) groups is 1. The van der Waals surface area contributed by atoms with Crippen molar-refractivity contribution in [1.82, 2.24) is 4.72 Å². The summed E-state index contributed by atoms with van der Waals surface area (Å²) >= 11 is 0. The zero-order valence-electron chi connectivity index (χ0n) is 10.6. The molecule has 0 aliphatic carbocycles. The molecule has 6 nitrogen and oxygen atoms in total. The van der Waals surface area contributed by atoms with E-state index < -0.39 is 16.0 Å². The number of carboxylic acid groups (broad SMARTS) is 1. The molecule has 0 spiro atoms. The lowest BCUT2D eigenvalue weighted by Crippen LogP contribution is -2.26. The van der Waals surface area contributed by atoms with E-state index in [2.05, 4.69) is 4.72 Å². The fourth-order valence-electron chi connectivity index (χ4n) is 1.47. The Morgan fingerprint density at radius 1 is 1.42 bits per heavy atom. The number of aromatic carboxylic acids is 1. The molecule has 0 aliphatic heterocycles. The van der Waals surface area contributed by atoms with Gasteiger partial charge in [0.1, 0.15) is 0 Å². The summed E-state index contributed by atoms with van der Waals surface area (Å²) in [7, 11) is -1.85. The highest BCUT2D eigenvalue weighted by molar-refractivity contribution is 7.89. The van der Waals surface area contributed by atoms with Crippen LogP contribution >= 0.6 is 0 Å². The molecule has 0 fully saturated rings. The minimum absolute atomic E-state index is 0.0144. The highest BCUT2D eigenvalue weighted by Gasteiger charge is 2.10. The van der Waals surface area contributed by atoms with Crippen molar-refractivity contribution in [3.05, 3.63) is 35.4 Å². The van der Waals surface area contributed by atoms with Crippen molar-refractivity contribution in [3.8, 4) is 0 Å². The predicted octanol–water partition coefficient (Wildman–Crippen LogP) is 0.841. The molecule has 2 N–H and O–H groups in total. The lowest BCUT2D eigenvalue weighted by Gasteiger charge is -2.07. The first-order valence-corrected chi connectivity index (χ1v) is 7.38. The molecule has 0 amide bonds. The Bertz CT molecular complexity index is 527. The topological polar surface area (TPSA) is 92.7 Å². The maximum absolute atomic E-state index is 11.6. The van der Waals surface area contributed by atoms with E-state index in [1.165, 1.54) is 19.2 Å². The van der Waals surface area contributed by atoms with Crippen LogP contribution in [0.25, 0.3) is 0 Å². The van der Waals surface area contributed by atoms with E-state index in [4.69, 9.17) is 9.84 Å². The average Bonchev–Trinajstić information content (AvgIpc) is 2.37. The summed E-state index contributed by atoms with van der Waals surface area (Å²) in [5.74, 6) is -1.05. The number of hydrogen-bond donors (Lipinski definition) is 2. The first kappa shape index (κ1) is 15.6. The number of rotatable bonds is 8. The van der Waals surface area contributed by atoms with Crippen molar-refractivity contribution >= 4 is 16.0 Å². The maximum Gasteiger partial charge on any atom is 0.335 e. The monoisotopic (exact) mass is 287 g/mol. The minimum atomic E-state index is -3.36. The van der Waals surface area contributed by atoms with Gasteiger partial charge < -0.3 is 9.84 Å². The maximum atomic E-state index is 11.6. The van der Waals surface area contributed by atoms with Gasteiger partial charge in [-0.25, -0.2) is 17.9 Å². The quantitative estimate of drug-likeness (QED) is 0.691. The zero-order valence-corrected chi connectivity index (χ0v) is 11.4. The third-order valence-electron chi connectivity index (χ3n) is 2.43. The number of hydrogen-bond acceptors (Lipinski definition) is 4. The third-order valence-corrected chi connectivity index (χ3v) is 3.84. The standard InChI is InChI=1S/C12H17NO5S/c1-18-6-3-7-19(16,17)13-9-10-4-2-5-11(8-10)12(14)15/h2,4-5,8,13H,3,6-7,9H2,1H3,(H,14,15). The third kappa shape index (κ3) is 5.82. The largest absolute Gasteiger partial charge is 0.478 e. The van der Waals surface area contributed by atoms with Crippen molar-refractivity contribution in [2.45, 2.75) is 13.0 Å². The number of nitrogens with one attached hydrogen (secondary N) is 1. The van der Waals surface area contributed by atoms with Gasteiger partial charge in [-0.1, -0.05) is 12.1 Å². The van der Waals surface area contributed by atoms with Gasteiger partial charge in [-0.15, -0.1) is 0 Å². The van der Waals surface area contributed by atoms with Crippen molar-refractivity contribution in [3.63, 3.8) is 0 Å². The van der Waals surface area contributed by atoms with Crippen LogP contribution in [0.5, 0.6) is 0 Å². The van der Waals surface area contributed by atoms with Crippen LogP contribution in [0, 0.1) is 0 Å². The van der Waals surface area contributed by atoms with Crippen LogP contribution in [0.15, 0.2) is 24.3 Å². The normalized spacial score (nSPS) is 11.4. The Labute approximate surface area is 112 Å². The summed E-state index contributed by atoms with van der Waals surface area (Å²) in [6.45, 7) is 0.464. The predicted molar refractivity (Wildman–Crippen MR) is 70.5 cm³/mol. The fourth-order valence-corrected chi connectivity index (χ4v) is 2.50. The molecule has 7 heteroatoms. The molecule has 1 rings (SSSR count). The molecule has 0 radical (unpaired) electrons. The van der Waals surface area contributed by atoms with E-state index in [0.29, 0.717) is 18.6 Å². The van der Waals surface area contributed by atoms with Gasteiger partial charge in [-0.3, -0.25) is 0 Å². The van der Waals surface area contributed by atoms with Gasteiger partial charge >= 0.3 is 5.97 Å². The SMILES string of the molecule is COCCCS(=O)(=O)NCc1cccc(C(=O)O)c1. The van der Waals surface area contributed by atoms with Crippen LogP contribution in [0.1, 0.15) is 22.3 Å². The molecule has 0 aromatic heterocycles. The van der Waals surface area contributed by atoms with Crippen LogP contribution < -0.4 is 4.72 Å². The van der Waals surface area contributed by atoms with Crippen LogP contribution in [-0.2, 0) is 21.3 Å². The Morgan fingerprint density at radius 3 is 2.79 bits per heavy atom. The molecule has 0 saturated carbocycles. The van der Waals surface area contributed by atoms with E-state index in [1.807, 2.05) is 0 Å². The smallest absolute Gasteiger partial charge is 0.335 e. The Kier molecular flexibility index (Phi) is 5.94. The lowest BCUT2D eigenvalue weighted by atomic mass is 10.1. The lowest BCUT2D eigenvalue weighted by molar-refractivity contribution is 0.0696. The molecule has 0 bridgehead atoms. The fraction of sp³-hybridized carbons (Fsp3) is 0.417. The summed E-state index contributed by atoms with van der Waals surface area (Å²) in [6, 6.07) is 6.15. The molecule has 1 aromatic rings. The minimum Gasteiger partial charge on any atom is -0.478 e. The Morgan fingerprint density at radius 2 is 2.16 bits per heavy atom. The van der Waals surface area contributed by atoms with E-state index in [1.54, 1.807) is 12.1 Å². The molecule has 0 aliphatic rings. The summed E-state index contributed by atoms with van der Waals surface area (Å²) in [4.78, 5) is 10.8. The molecule has 1 aromatic carbocycles. The molecule has 106 valence electrons. The van der Waals surface area contributed by atoms with Gasteiger partial charge in [0.2, 0.25) is 10.0 Å². The first-order chi connectivity index (χ1) is 8.94. The Balaban J connectivity index is 2.56. The number of ether oxygens (including phenoxy) is 1. The van der Waals surface area contributed by atoms with E-state index in [9.17, 15) is 13.2 Å². The number of benzene rings is 1. The van der Waals surface area contributed by atoms with Gasteiger partial charge in [0.05, 0.1) is 11.3 Å². The van der Waals surface area contributed by atoms with Gasteiger partial charge in [0, 0.05) is 20.3 Å². The summed E-state index contributed by atoms with van der Waals surface area (Å²) in [5, 5.41) is 8.83. The van der Waals surface area contributed by atoms with Gasteiger partial charge in [0.25, 0.3) is 0 Å². The number of methoxy groups -OCH3 is 1. The van der Waals surface area contributed by atoms with E-state index in [0.717, 1.165) is 0 Å². The highest BCUT2D eigenvalue weighted by Crippen LogP contribution is 2.05. The van der Waals surface area contributed by atoms with Gasteiger partial charge in [0.15, 0.2) is 0 Å². The van der Waals surface area contributed by atoms with E-state index >= 15 is 0 Å². The van der Waals surface area contributed by atoms with Crippen LogP contribution in [-0.4, -0.2) is 39.0 Å². The average molecular weight is 287 g/mol. The molecular weight excluding hydrogens is 270 g/mol. The van der Waals surface area contributed by atoms with Crippen molar-refractivity contribution < 1.29 is 23.1 Å². The molecule has 0 heterocycles. The Hall–Kier alpha value is -1.44. The van der Waals surface area contributed by atoms with E-state index in [-0.39, 0.29) is 17.9 Å². The van der Waals surface area contributed by atoms with Gasteiger partial charge in [-0.2, -0.15) is 0 Å². The molecule has 0 unspecified atom stereocenters. The second-order valence-electron chi connectivity index (χ2n) is 3.99. The number of carboxylic acids is 1. The van der Waals surface area contributed by atoms with Gasteiger partial charge in [-0.05, 0) is 24.1 Å². The highest BCUT2D eigenvalue weighted by atomic mass is 32.2. The van der Waals surface area contributed by atoms with Crippen LogP contribution in [0.4, 0.5) is 0 Å². The zero-order chi connectivity index (χ0) is 14.3. The second kappa shape index (κ2) is 7.22. The summed E-state index contributed by atoms with van der Waals surface area (Å²) in [5.41, 5.74) is 0.742. The van der Waals surface area contributed by atoms with Crippen molar-refractivity contribution in [2.75, 3.05) is 19.5 Å².